The zero-order valence-corrected chi connectivity index (χ0v) is 57.1. The first kappa shape index (κ1) is 70.3. The Kier molecular flexibility index (Phi) is 21.0. The first-order chi connectivity index (χ1) is 49.2. The van der Waals surface area contributed by atoms with Gasteiger partial charge in [0.05, 0.1) is 87.3 Å². The Labute approximate surface area is 589 Å². The van der Waals surface area contributed by atoms with Crippen LogP contribution in [-0.2, 0) is 46.7 Å². The van der Waals surface area contributed by atoms with Gasteiger partial charge in [0.25, 0.3) is 11.8 Å². The highest BCUT2D eigenvalue weighted by Crippen LogP contribution is 2.57. The number of anilines is 4. The van der Waals surface area contributed by atoms with E-state index in [-0.39, 0.29) is 96.9 Å². The van der Waals surface area contributed by atoms with Gasteiger partial charge in [-0.15, -0.1) is 0 Å². The lowest BCUT2D eigenvalue weighted by Crippen LogP contribution is -2.55. The Morgan fingerprint density at radius 3 is 2.09 bits per heavy atom. The Morgan fingerprint density at radius 1 is 0.706 bits per heavy atom. The lowest BCUT2D eigenvalue weighted by Gasteiger charge is -2.31. The van der Waals surface area contributed by atoms with Crippen LogP contribution in [0.1, 0.15) is 114 Å². The molecule has 0 bridgehead atoms. The standard InChI is InChI=1S/C76H80N10O16/c1-44(2)69(82-67(90)39-79-66(89)38-78-65(88)25-26-68(91)84-40-50-13-7-6-11-47(50)17-18-49-12-8-9-14-58(49)84)71(93)80-45(3)70(92)81-52-21-15-46(16-22-52)42-102-75(97)86-59-35-64(62(99-5)33-56(59)73(95)85-43-76(27-28-76)36-60(85)74(86)96)101-30-10-29-100-63-34-57-55(32-61(63)98-4)72(94)83-41-51(31-53(83)37-77-57)48-19-23-54(87)24-20-48/h6-9,11-16,19-24,32-35,41,44-45,53,60,69,74,77,87,96H,10,25-31,36-40,42-43H2,1-5H3,(H,78,88)(H,79,89)(H,80,93)(H,81,92)(H,82,90)/t45-,53-,60-,69-,74?/m0/s1. The molecule has 6 aliphatic rings. The van der Waals surface area contributed by atoms with Crippen molar-refractivity contribution < 1.29 is 77.0 Å². The molecule has 8 N–H and O–H groups in total. The van der Waals surface area contributed by atoms with Crippen molar-refractivity contribution in [2.24, 2.45) is 11.3 Å². The van der Waals surface area contributed by atoms with E-state index in [4.69, 9.17) is 23.7 Å². The molecule has 5 heterocycles. The van der Waals surface area contributed by atoms with E-state index in [1.807, 2.05) is 60.8 Å². The number of ether oxygens (including phenoxy) is 5. The number of hydrogen-bond donors (Lipinski definition) is 8. The van der Waals surface area contributed by atoms with Crippen LogP contribution in [-0.4, -0.2) is 157 Å². The summed E-state index contributed by atoms with van der Waals surface area (Å²) in [6.45, 7) is 4.96. The van der Waals surface area contributed by atoms with Gasteiger partial charge in [-0.1, -0.05) is 80.3 Å². The van der Waals surface area contributed by atoms with Crippen LogP contribution in [0.15, 0.2) is 128 Å². The minimum Gasteiger partial charge on any atom is -0.508 e. The number of aliphatic hydroxyl groups is 1. The highest BCUT2D eigenvalue weighted by atomic mass is 16.6. The number of methoxy groups -OCH3 is 2. The summed E-state index contributed by atoms with van der Waals surface area (Å²) >= 11 is 0. The fraction of sp³-hybridized carbons (Fsp3) is 0.355. The van der Waals surface area contributed by atoms with Gasteiger partial charge in [0.1, 0.15) is 24.4 Å². The molecule has 1 saturated heterocycles. The van der Waals surface area contributed by atoms with Crippen molar-refractivity contribution in [1.29, 1.82) is 0 Å². The largest absolute Gasteiger partial charge is 0.508 e. The normalized spacial score (nSPS) is 17.8. The molecule has 26 nitrogen and oxygen atoms in total. The van der Waals surface area contributed by atoms with Crippen molar-refractivity contribution in [3.8, 4) is 40.6 Å². The molecule has 1 unspecified atom stereocenters. The Hall–Kier alpha value is -11.6. The fourth-order valence-corrected chi connectivity index (χ4v) is 13.2. The Balaban J connectivity index is 0.605. The van der Waals surface area contributed by atoms with E-state index in [2.05, 4.69) is 43.7 Å². The molecule has 1 aliphatic carbocycles. The van der Waals surface area contributed by atoms with E-state index < -0.39 is 79.0 Å². The summed E-state index contributed by atoms with van der Waals surface area (Å²) in [7, 11) is 2.93. The van der Waals surface area contributed by atoms with Crippen molar-refractivity contribution in [2.45, 2.75) is 109 Å². The third-order valence-corrected chi connectivity index (χ3v) is 19.1. The van der Waals surface area contributed by atoms with Gasteiger partial charge in [0, 0.05) is 67.5 Å². The minimum atomic E-state index is -1.50. The Morgan fingerprint density at radius 2 is 1.37 bits per heavy atom. The number of aliphatic hydroxyl groups excluding tert-OH is 1. The van der Waals surface area contributed by atoms with E-state index in [1.165, 1.54) is 33.3 Å². The average molecular weight is 1390 g/mol. The van der Waals surface area contributed by atoms with Crippen LogP contribution in [0, 0.1) is 23.2 Å². The van der Waals surface area contributed by atoms with Crippen molar-refractivity contribution in [3.05, 3.63) is 166 Å². The minimum absolute atomic E-state index is 0.0520. The maximum absolute atomic E-state index is 14.5. The van der Waals surface area contributed by atoms with Gasteiger partial charge < -0.3 is 80.5 Å². The highest BCUT2D eigenvalue weighted by molar-refractivity contribution is 6.07. The van der Waals surface area contributed by atoms with E-state index in [0.717, 1.165) is 40.0 Å². The van der Waals surface area contributed by atoms with Gasteiger partial charge in [0.2, 0.25) is 35.4 Å². The number of phenolic OH excluding ortho intramolecular Hbond substituents is 1. The molecule has 2 fully saturated rings. The van der Waals surface area contributed by atoms with Crippen LogP contribution < -0.4 is 60.6 Å². The molecule has 0 radical (unpaired) electrons. The maximum Gasteiger partial charge on any atom is 0.416 e. The van der Waals surface area contributed by atoms with E-state index in [9.17, 15) is 53.4 Å². The number of carbonyl (C=O) groups is 9. The molecule has 5 atom stereocenters. The predicted octanol–water partition coefficient (Wildman–Crippen LogP) is 6.95. The van der Waals surface area contributed by atoms with Gasteiger partial charge in [-0.2, -0.15) is 0 Å². The van der Waals surface area contributed by atoms with Crippen LogP contribution in [0.3, 0.4) is 0 Å². The number of carbonyl (C=O) groups excluding carboxylic acids is 9. The van der Waals surface area contributed by atoms with E-state index in [0.29, 0.717) is 77.6 Å². The van der Waals surface area contributed by atoms with Crippen molar-refractivity contribution in [2.75, 3.05) is 74.0 Å². The topological polar surface area (TPSA) is 325 Å². The van der Waals surface area contributed by atoms with Crippen LogP contribution in [0.2, 0.25) is 0 Å². The molecule has 1 spiro atoms. The highest BCUT2D eigenvalue weighted by Gasteiger charge is 2.58. The first-order valence-electron chi connectivity index (χ1n) is 33.9. The summed E-state index contributed by atoms with van der Waals surface area (Å²) in [5, 5.41) is 38.3. The summed E-state index contributed by atoms with van der Waals surface area (Å²) in [4.78, 5) is 128. The lowest BCUT2D eigenvalue weighted by atomic mass is 10.0. The summed E-state index contributed by atoms with van der Waals surface area (Å²) in [5.41, 5.74) is 6.72. The van der Waals surface area contributed by atoms with Crippen LogP contribution >= 0.6 is 0 Å². The monoisotopic (exact) mass is 1390 g/mol. The summed E-state index contributed by atoms with van der Waals surface area (Å²) < 4.78 is 29.8. The van der Waals surface area contributed by atoms with Crippen molar-refractivity contribution >= 4 is 81.7 Å². The lowest BCUT2D eigenvalue weighted by molar-refractivity contribution is -0.132. The molecule has 9 amide bonds. The molecular weight excluding hydrogens is 1310 g/mol. The zero-order valence-electron chi connectivity index (χ0n) is 57.1. The SMILES string of the molecule is COc1cc2c(cc1OCCCOc1cc3c(cc1OC)C(=O)N1CC4(CC4)C[C@H]1C(O)N3C(=O)OCc1ccc(NC(=O)[C@H](C)NC(=O)[C@@H](NC(=O)CNC(=O)CNC(=O)CCC(=O)N3Cc4ccccc4C#Cc4ccccc43)C(C)C)cc1)NC[C@@H]1CC(c3ccc(O)cc3)=CN1C2=O. The molecule has 5 aliphatic heterocycles. The van der Waals surface area contributed by atoms with Crippen LogP contribution in [0.5, 0.6) is 28.7 Å². The molecule has 102 heavy (non-hydrogen) atoms. The van der Waals surface area contributed by atoms with Crippen molar-refractivity contribution in [1.82, 2.24) is 31.1 Å². The molecule has 530 valence electrons. The predicted molar refractivity (Wildman–Crippen MR) is 375 cm³/mol. The number of phenols is 1. The van der Waals surface area contributed by atoms with Gasteiger partial charge in [0.15, 0.2) is 29.2 Å². The number of amides is 9. The second-order valence-electron chi connectivity index (χ2n) is 26.5. The smallest absolute Gasteiger partial charge is 0.416 e. The van der Waals surface area contributed by atoms with Gasteiger partial charge in [-0.25, -0.2) is 9.69 Å². The third kappa shape index (κ3) is 15.7. The molecule has 6 aromatic rings. The summed E-state index contributed by atoms with van der Waals surface area (Å²) in [6.07, 6.45) is 2.28. The van der Waals surface area contributed by atoms with Gasteiger partial charge >= 0.3 is 6.09 Å². The number of para-hydroxylation sites is 1. The molecular formula is C76H80N10O16. The number of aromatic hydroxyl groups is 1. The maximum atomic E-state index is 14.5. The number of hydrogen-bond acceptors (Lipinski definition) is 17. The van der Waals surface area contributed by atoms with Crippen LogP contribution in [0.25, 0.3) is 5.57 Å². The van der Waals surface area contributed by atoms with E-state index in [1.54, 1.807) is 83.1 Å². The van der Waals surface area contributed by atoms with Gasteiger partial charge in [-0.3, -0.25) is 38.4 Å². The summed E-state index contributed by atoms with van der Waals surface area (Å²) in [6, 6.07) is 31.4. The first-order valence-corrected chi connectivity index (χ1v) is 33.9. The average Bonchev–Trinajstić information content (AvgIpc) is 1.51. The fourth-order valence-electron chi connectivity index (χ4n) is 13.2. The number of nitrogens with one attached hydrogen (secondary N) is 6. The second-order valence-corrected chi connectivity index (χ2v) is 26.5. The third-order valence-electron chi connectivity index (χ3n) is 19.1. The van der Waals surface area contributed by atoms with Crippen molar-refractivity contribution in [3.63, 3.8) is 0 Å². The summed E-state index contributed by atoms with van der Waals surface area (Å²) in [5.74, 6) is 3.10. The Bertz CT molecular complexity index is 4370. The van der Waals surface area contributed by atoms with Crippen LogP contribution in [0.4, 0.5) is 27.5 Å². The van der Waals surface area contributed by atoms with Gasteiger partial charge in [-0.05, 0) is 121 Å². The molecule has 6 aromatic carbocycles. The molecule has 1 saturated carbocycles. The number of fused-ring (bicyclic) bond motifs is 6. The molecule has 0 aromatic heterocycles. The molecule has 26 heteroatoms. The molecule has 12 rings (SSSR count). The second kappa shape index (κ2) is 30.5. The van der Waals surface area contributed by atoms with E-state index >= 15 is 0 Å². The number of rotatable bonds is 24. The zero-order chi connectivity index (χ0) is 71.9. The quantitative estimate of drug-likeness (QED) is 0.0224. The number of nitrogens with zero attached hydrogens (tertiary/aromatic N) is 4. The number of benzene rings is 6.